The van der Waals surface area contributed by atoms with Gasteiger partial charge in [0.05, 0.1) is 19.7 Å². The van der Waals surface area contributed by atoms with E-state index in [0.29, 0.717) is 38.3 Å². The third kappa shape index (κ3) is 11.2. The number of ether oxygens (including phenoxy) is 1. The van der Waals surface area contributed by atoms with E-state index >= 15 is 0 Å². The van der Waals surface area contributed by atoms with Crippen LogP contribution in [0.4, 0.5) is 4.79 Å². The zero-order chi connectivity index (χ0) is 30.0. The van der Waals surface area contributed by atoms with Gasteiger partial charge in [0.25, 0.3) is 5.91 Å². The molecule has 1 unspecified atom stereocenters. The highest BCUT2D eigenvalue weighted by atomic mass is 16.5. The summed E-state index contributed by atoms with van der Waals surface area (Å²) in [6.07, 6.45) is 2.51. The third-order valence-corrected chi connectivity index (χ3v) is 6.29. The van der Waals surface area contributed by atoms with Crippen molar-refractivity contribution in [1.82, 2.24) is 30.5 Å². The summed E-state index contributed by atoms with van der Waals surface area (Å²) in [5.74, 6) is -0.190. The molecular weight excluding hydrogens is 524 g/mol. The second-order valence-corrected chi connectivity index (χ2v) is 9.55. The van der Waals surface area contributed by atoms with E-state index in [1.54, 1.807) is 36.2 Å². The highest BCUT2D eigenvalue weighted by Crippen LogP contribution is 2.14. The Morgan fingerprint density at radius 2 is 1.66 bits per heavy atom. The number of amides is 3. The average Bonchev–Trinajstić information content (AvgIpc) is 2.96. The standard InChI is InChI=1S/C30H42N6O5/c1-5-15-35(17-19-38)36(30(40)32-22-25-10-7-6-8-11-25)28(34(3)16-18-37)24-33(2)23-26-12-9-13-27(21-26)29(39)31-14-20-41-4/h5-13,18-19,21,28H,1,14-17,20,22-24H2,2-4H3,(H,31,39)(H,32,40). The van der Waals surface area contributed by atoms with Gasteiger partial charge in [-0.1, -0.05) is 48.5 Å². The highest BCUT2D eigenvalue weighted by molar-refractivity contribution is 5.94. The molecule has 0 aliphatic heterocycles. The Bertz CT molecular complexity index is 1110. The first-order valence-corrected chi connectivity index (χ1v) is 13.4. The molecule has 0 saturated heterocycles. The minimum Gasteiger partial charge on any atom is -0.383 e. The minimum absolute atomic E-state index is 0.0415. The van der Waals surface area contributed by atoms with Crippen molar-refractivity contribution >= 4 is 24.5 Å². The van der Waals surface area contributed by atoms with Gasteiger partial charge in [-0.05, 0) is 37.4 Å². The number of methoxy groups -OCH3 is 1. The fourth-order valence-electron chi connectivity index (χ4n) is 4.27. The largest absolute Gasteiger partial charge is 0.383 e. The Labute approximate surface area is 242 Å². The maximum atomic E-state index is 13.7. The molecule has 11 heteroatoms. The lowest BCUT2D eigenvalue weighted by Gasteiger charge is -2.43. The van der Waals surface area contributed by atoms with Gasteiger partial charge in [0.1, 0.15) is 18.7 Å². The van der Waals surface area contributed by atoms with Gasteiger partial charge in [-0.2, -0.15) is 0 Å². The molecule has 0 aliphatic rings. The molecule has 2 aromatic rings. The molecule has 0 saturated carbocycles. The third-order valence-electron chi connectivity index (χ3n) is 6.29. The van der Waals surface area contributed by atoms with E-state index in [0.717, 1.165) is 23.7 Å². The Morgan fingerprint density at radius 1 is 0.951 bits per heavy atom. The summed E-state index contributed by atoms with van der Waals surface area (Å²) in [6.45, 7) is 5.99. The number of benzene rings is 2. The van der Waals surface area contributed by atoms with E-state index in [1.165, 1.54) is 5.01 Å². The lowest BCUT2D eigenvalue weighted by molar-refractivity contribution is -0.120. The van der Waals surface area contributed by atoms with Crippen LogP contribution < -0.4 is 10.6 Å². The quantitative estimate of drug-likeness (QED) is 0.0870. The molecule has 0 fully saturated rings. The summed E-state index contributed by atoms with van der Waals surface area (Å²) in [6, 6.07) is 16.4. The normalized spacial score (nSPS) is 11.8. The fraction of sp³-hybridized carbons (Fsp3) is 0.400. The van der Waals surface area contributed by atoms with Crippen LogP contribution in [0, 0.1) is 0 Å². The second-order valence-electron chi connectivity index (χ2n) is 9.55. The Hall–Kier alpha value is -3.90. The lowest BCUT2D eigenvalue weighted by Crippen LogP contribution is -2.63. The van der Waals surface area contributed by atoms with E-state index in [4.69, 9.17) is 4.74 Å². The number of nitrogens with one attached hydrogen (secondary N) is 2. The van der Waals surface area contributed by atoms with Crippen molar-refractivity contribution in [3.05, 3.63) is 83.9 Å². The van der Waals surface area contributed by atoms with Crippen LogP contribution in [0.25, 0.3) is 0 Å². The summed E-state index contributed by atoms with van der Waals surface area (Å²) in [5, 5.41) is 8.85. The number of carbonyl (C=O) groups excluding carboxylic acids is 4. The smallest absolute Gasteiger partial charge is 0.333 e. The molecule has 0 bridgehead atoms. The van der Waals surface area contributed by atoms with Gasteiger partial charge in [0, 0.05) is 45.4 Å². The van der Waals surface area contributed by atoms with Gasteiger partial charge in [0.15, 0.2) is 0 Å². The Balaban J connectivity index is 2.29. The van der Waals surface area contributed by atoms with Crippen molar-refractivity contribution in [2.45, 2.75) is 19.3 Å². The molecule has 1 atom stereocenters. The maximum absolute atomic E-state index is 13.7. The molecule has 0 aromatic heterocycles. The molecule has 0 aliphatic carbocycles. The summed E-state index contributed by atoms with van der Waals surface area (Å²) in [7, 11) is 5.22. The molecule has 2 rings (SSSR count). The van der Waals surface area contributed by atoms with E-state index in [1.807, 2.05) is 60.5 Å². The van der Waals surface area contributed by atoms with E-state index in [9.17, 15) is 19.2 Å². The number of rotatable bonds is 19. The van der Waals surface area contributed by atoms with Gasteiger partial charge in [-0.25, -0.2) is 14.8 Å². The highest BCUT2D eigenvalue weighted by Gasteiger charge is 2.32. The number of hydrogen-bond acceptors (Lipinski definition) is 8. The summed E-state index contributed by atoms with van der Waals surface area (Å²) < 4.78 is 4.99. The molecule has 2 aromatic carbocycles. The summed E-state index contributed by atoms with van der Waals surface area (Å²) in [4.78, 5) is 53.0. The zero-order valence-corrected chi connectivity index (χ0v) is 24.2. The van der Waals surface area contributed by atoms with Gasteiger partial charge >= 0.3 is 6.03 Å². The molecule has 3 amide bonds. The monoisotopic (exact) mass is 566 g/mol. The topological polar surface area (TPSA) is 115 Å². The first kappa shape index (κ1) is 33.3. The molecule has 0 spiro atoms. The van der Waals surface area contributed by atoms with Crippen molar-refractivity contribution in [3.8, 4) is 0 Å². The van der Waals surface area contributed by atoms with Gasteiger partial charge in [0.2, 0.25) is 0 Å². The van der Waals surface area contributed by atoms with E-state index < -0.39 is 12.2 Å². The van der Waals surface area contributed by atoms with E-state index in [2.05, 4.69) is 17.2 Å². The van der Waals surface area contributed by atoms with Crippen LogP contribution in [0.1, 0.15) is 21.5 Å². The van der Waals surface area contributed by atoms with Crippen LogP contribution >= 0.6 is 0 Å². The lowest BCUT2D eigenvalue weighted by atomic mass is 10.1. The number of hydrogen-bond donors (Lipinski definition) is 2. The van der Waals surface area contributed by atoms with Crippen molar-refractivity contribution in [1.29, 1.82) is 0 Å². The van der Waals surface area contributed by atoms with Crippen molar-refractivity contribution in [2.24, 2.45) is 0 Å². The number of nitrogens with zero attached hydrogens (tertiary/aromatic N) is 4. The average molecular weight is 567 g/mol. The van der Waals surface area contributed by atoms with Gasteiger partial charge in [-0.3, -0.25) is 14.6 Å². The van der Waals surface area contributed by atoms with Gasteiger partial charge in [-0.15, -0.1) is 6.58 Å². The van der Waals surface area contributed by atoms with Crippen LogP contribution in [0.5, 0.6) is 0 Å². The van der Waals surface area contributed by atoms with Crippen LogP contribution in [-0.4, -0.2) is 111 Å². The molecule has 41 heavy (non-hydrogen) atoms. The minimum atomic E-state index is -0.610. The Kier molecular flexibility index (Phi) is 15.0. The molecule has 0 radical (unpaired) electrons. The van der Waals surface area contributed by atoms with Crippen molar-refractivity contribution in [2.75, 3.05) is 60.5 Å². The number of aldehydes is 2. The first-order chi connectivity index (χ1) is 19.8. The van der Waals surface area contributed by atoms with E-state index in [-0.39, 0.29) is 25.5 Å². The van der Waals surface area contributed by atoms with Crippen LogP contribution in [-0.2, 0) is 27.4 Å². The van der Waals surface area contributed by atoms with Crippen molar-refractivity contribution < 1.29 is 23.9 Å². The molecule has 222 valence electrons. The first-order valence-electron chi connectivity index (χ1n) is 13.4. The molecule has 2 N–H and O–H groups in total. The molecular formula is C30H42N6O5. The predicted octanol–water partition coefficient (Wildman–Crippen LogP) is 1.77. The number of carbonyl (C=O) groups is 4. The summed E-state index contributed by atoms with van der Waals surface area (Å²) >= 11 is 0. The summed E-state index contributed by atoms with van der Waals surface area (Å²) in [5.41, 5.74) is 2.36. The predicted molar refractivity (Wildman–Crippen MR) is 158 cm³/mol. The zero-order valence-electron chi connectivity index (χ0n) is 24.2. The van der Waals surface area contributed by atoms with Crippen molar-refractivity contribution in [3.63, 3.8) is 0 Å². The van der Waals surface area contributed by atoms with Crippen LogP contribution in [0.2, 0.25) is 0 Å². The molecule has 11 nitrogen and oxygen atoms in total. The second kappa shape index (κ2) is 18.4. The SMILES string of the molecule is C=CCN(CC=O)N(C(=O)NCc1ccccc1)C(CN(C)Cc1cccc(C(=O)NCCOC)c1)N(C)CC=O. The van der Waals surface area contributed by atoms with Gasteiger partial charge < -0.3 is 25.0 Å². The van der Waals surface area contributed by atoms with Crippen LogP contribution in [0.3, 0.4) is 0 Å². The molecule has 0 heterocycles. The Morgan fingerprint density at radius 3 is 2.32 bits per heavy atom. The fourth-order valence-corrected chi connectivity index (χ4v) is 4.27. The maximum Gasteiger partial charge on any atom is 0.333 e. The van der Waals surface area contributed by atoms with Crippen LogP contribution in [0.15, 0.2) is 67.3 Å². The number of likely N-dealkylation sites (N-methyl/N-ethyl adjacent to an activating group) is 2. The number of hydrazine groups is 1. The number of urea groups is 1.